The summed E-state index contributed by atoms with van der Waals surface area (Å²) in [6.45, 7) is 2.41. The first kappa shape index (κ1) is 21.7. The van der Waals surface area contributed by atoms with E-state index in [0.717, 1.165) is 55.2 Å². The van der Waals surface area contributed by atoms with Gasteiger partial charge in [0.15, 0.2) is 17.2 Å². The molecule has 1 saturated carbocycles. The van der Waals surface area contributed by atoms with Crippen LogP contribution in [0.2, 0.25) is 0 Å². The van der Waals surface area contributed by atoms with Crippen LogP contribution in [0.15, 0.2) is 39.2 Å². The summed E-state index contributed by atoms with van der Waals surface area (Å²) in [5.41, 5.74) is 4.19. The van der Waals surface area contributed by atoms with Crippen LogP contribution in [-0.4, -0.2) is 20.5 Å². The Morgan fingerprint density at radius 3 is 2.94 bits per heavy atom. The highest BCUT2D eigenvalue weighted by molar-refractivity contribution is 5.93. The van der Waals surface area contributed by atoms with E-state index in [0.29, 0.717) is 48.8 Å². The summed E-state index contributed by atoms with van der Waals surface area (Å²) in [4.78, 5) is 29.5. The lowest BCUT2D eigenvalue weighted by Gasteiger charge is -2.18. The van der Waals surface area contributed by atoms with Gasteiger partial charge in [-0.2, -0.15) is 0 Å². The summed E-state index contributed by atoms with van der Waals surface area (Å²) >= 11 is 0. The molecule has 1 aliphatic heterocycles. The number of aryl methyl sites for hydroxylation is 1. The van der Waals surface area contributed by atoms with E-state index in [1.165, 1.54) is 17.7 Å². The smallest absolute Gasteiger partial charge is 0.257 e. The number of halogens is 1. The van der Waals surface area contributed by atoms with Gasteiger partial charge in [-0.15, -0.1) is 0 Å². The molecular formula is C26H28FN3O3. The Morgan fingerprint density at radius 2 is 2.06 bits per heavy atom. The zero-order valence-electron chi connectivity index (χ0n) is 18.9. The second kappa shape index (κ2) is 9.04. The summed E-state index contributed by atoms with van der Waals surface area (Å²) < 4.78 is 20.4. The number of hydrogen-bond donors (Lipinski definition) is 0. The van der Waals surface area contributed by atoms with Crippen LogP contribution < -0.4 is 5.56 Å². The first-order chi connectivity index (χ1) is 16.0. The molecule has 0 N–H and O–H groups in total. The first-order valence-corrected chi connectivity index (χ1v) is 11.9. The zero-order chi connectivity index (χ0) is 22.9. The molecule has 1 unspecified atom stereocenters. The number of aromatic nitrogens is 3. The molecule has 5 rings (SSSR count). The number of Topliss-reactive ketones (excluding diaryl/α,β-unsaturated/α-hetero) is 1. The molecule has 0 spiro atoms. The highest BCUT2D eigenvalue weighted by Crippen LogP contribution is 2.36. The van der Waals surface area contributed by atoms with Gasteiger partial charge in [-0.1, -0.05) is 16.8 Å². The summed E-state index contributed by atoms with van der Waals surface area (Å²) in [6, 6.07) is 4.62. The minimum absolute atomic E-state index is 0.0341. The fourth-order valence-corrected chi connectivity index (χ4v) is 5.25. The summed E-state index contributed by atoms with van der Waals surface area (Å²) in [7, 11) is 0. The van der Waals surface area contributed by atoms with Crippen molar-refractivity contribution >= 4 is 16.8 Å². The Kier molecular flexibility index (Phi) is 5.96. The number of hydrogen-bond acceptors (Lipinski definition) is 5. The Bertz CT molecular complexity index is 1300. The average Bonchev–Trinajstić information content (AvgIpc) is 3.06. The highest BCUT2D eigenvalue weighted by Gasteiger charge is 2.24. The lowest BCUT2D eigenvalue weighted by atomic mass is 9.94. The molecule has 3 heterocycles. The van der Waals surface area contributed by atoms with Crippen LogP contribution >= 0.6 is 0 Å². The van der Waals surface area contributed by atoms with Gasteiger partial charge in [0.05, 0.1) is 5.69 Å². The first-order valence-electron chi connectivity index (χ1n) is 11.9. The van der Waals surface area contributed by atoms with E-state index >= 15 is 0 Å². The average molecular weight is 450 g/mol. The van der Waals surface area contributed by atoms with Crippen molar-refractivity contribution in [2.45, 2.75) is 77.2 Å². The van der Waals surface area contributed by atoms with Gasteiger partial charge in [-0.25, -0.2) is 9.37 Å². The van der Waals surface area contributed by atoms with Crippen molar-refractivity contribution in [3.8, 4) is 0 Å². The fourth-order valence-electron chi connectivity index (χ4n) is 5.25. The molecule has 2 aliphatic rings. The van der Waals surface area contributed by atoms with Crippen molar-refractivity contribution in [1.82, 2.24) is 14.7 Å². The van der Waals surface area contributed by atoms with Crippen molar-refractivity contribution in [2.24, 2.45) is 0 Å². The zero-order valence-corrected chi connectivity index (χ0v) is 18.9. The maximum atomic E-state index is 13.5. The molecule has 1 aromatic carbocycles. The molecule has 0 bridgehead atoms. The van der Waals surface area contributed by atoms with E-state index < -0.39 is 0 Å². The van der Waals surface area contributed by atoms with Crippen molar-refractivity contribution in [3.05, 3.63) is 68.8 Å². The summed E-state index contributed by atoms with van der Waals surface area (Å²) in [5.74, 6) is 0.278. The number of carbonyl (C=O) groups excluding carboxylic acids is 1. The molecule has 7 heteroatoms. The third-order valence-electron chi connectivity index (χ3n) is 7.04. The SMILES string of the molecule is Cc1nc2n(c(=O)c1CC/C=C1/CCCC(c3noc4cc(F)ccc34)CC1)CCCC2=O. The molecule has 1 fully saturated rings. The van der Waals surface area contributed by atoms with Gasteiger partial charge >= 0.3 is 0 Å². The third kappa shape index (κ3) is 4.28. The number of allylic oxidation sites excluding steroid dienone is 2. The van der Waals surface area contributed by atoms with Gasteiger partial charge in [0.25, 0.3) is 5.56 Å². The van der Waals surface area contributed by atoms with Gasteiger partial charge in [0, 0.05) is 41.6 Å². The van der Waals surface area contributed by atoms with E-state index in [9.17, 15) is 14.0 Å². The molecule has 0 saturated heterocycles. The molecule has 0 radical (unpaired) electrons. The molecular weight excluding hydrogens is 421 g/mol. The second-order valence-electron chi connectivity index (χ2n) is 9.22. The van der Waals surface area contributed by atoms with Crippen LogP contribution in [0.4, 0.5) is 4.39 Å². The van der Waals surface area contributed by atoms with Crippen LogP contribution in [0.5, 0.6) is 0 Å². The number of carbonyl (C=O) groups is 1. The number of rotatable bonds is 4. The van der Waals surface area contributed by atoms with Crippen molar-refractivity contribution in [2.75, 3.05) is 0 Å². The predicted octanol–water partition coefficient (Wildman–Crippen LogP) is 5.42. The Hall–Kier alpha value is -3.09. The van der Waals surface area contributed by atoms with Crippen LogP contribution in [0, 0.1) is 12.7 Å². The largest absolute Gasteiger partial charge is 0.356 e. The van der Waals surface area contributed by atoms with Crippen molar-refractivity contribution in [1.29, 1.82) is 0 Å². The number of nitrogens with zero attached hydrogens (tertiary/aromatic N) is 3. The predicted molar refractivity (Wildman–Crippen MR) is 123 cm³/mol. The molecule has 6 nitrogen and oxygen atoms in total. The lowest BCUT2D eigenvalue weighted by molar-refractivity contribution is 0.0945. The number of benzene rings is 1. The minimum Gasteiger partial charge on any atom is -0.356 e. The van der Waals surface area contributed by atoms with Gasteiger partial charge in [-0.05, 0) is 70.4 Å². The quantitative estimate of drug-likeness (QED) is 0.393. The molecule has 1 aliphatic carbocycles. The fraction of sp³-hybridized carbons (Fsp3) is 0.462. The van der Waals surface area contributed by atoms with E-state index in [-0.39, 0.29) is 17.2 Å². The van der Waals surface area contributed by atoms with E-state index in [1.807, 2.05) is 6.92 Å². The third-order valence-corrected chi connectivity index (χ3v) is 7.04. The molecule has 172 valence electrons. The standard InChI is InChI=1S/C26H28FN3O3/c1-16-20(26(32)30-14-4-9-22(31)25(30)28-16)8-3-6-17-5-2-7-18(11-10-17)24-21-13-12-19(27)15-23(21)33-29-24/h6,12-13,15,18H,2-5,7-11,14H2,1H3/b17-6-. The van der Waals surface area contributed by atoms with Crippen molar-refractivity contribution in [3.63, 3.8) is 0 Å². The van der Waals surface area contributed by atoms with Crippen LogP contribution in [0.1, 0.15) is 84.9 Å². The lowest BCUT2D eigenvalue weighted by Crippen LogP contribution is -2.34. The molecule has 2 aromatic heterocycles. The van der Waals surface area contributed by atoms with Gasteiger partial charge in [0.2, 0.25) is 0 Å². The van der Waals surface area contributed by atoms with E-state index in [1.54, 1.807) is 10.6 Å². The van der Waals surface area contributed by atoms with Crippen LogP contribution in [0.25, 0.3) is 11.0 Å². The van der Waals surface area contributed by atoms with Gasteiger partial charge < -0.3 is 4.52 Å². The van der Waals surface area contributed by atoms with E-state index in [2.05, 4.69) is 16.2 Å². The van der Waals surface area contributed by atoms with Gasteiger partial charge in [-0.3, -0.25) is 14.2 Å². The van der Waals surface area contributed by atoms with Crippen LogP contribution in [0.3, 0.4) is 0 Å². The molecule has 3 aromatic rings. The second-order valence-corrected chi connectivity index (χ2v) is 9.22. The Labute approximate surface area is 191 Å². The number of ketones is 1. The summed E-state index contributed by atoms with van der Waals surface area (Å²) in [5, 5.41) is 5.17. The molecule has 0 amide bonds. The summed E-state index contributed by atoms with van der Waals surface area (Å²) in [6.07, 6.45) is 9.97. The normalized spacial score (nSPS) is 20.2. The van der Waals surface area contributed by atoms with Crippen LogP contribution in [-0.2, 0) is 13.0 Å². The maximum Gasteiger partial charge on any atom is 0.257 e. The van der Waals surface area contributed by atoms with Crippen molar-refractivity contribution < 1.29 is 13.7 Å². The monoisotopic (exact) mass is 449 g/mol. The molecule has 1 atom stereocenters. The highest BCUT2D eigenvalue weighted by atomic mass is 19.1. The maximum absolute atomic E-state index is 13.5. The minimum atomic E-state index is -0.313. The van der Waals surface area contributed by atoms with E-state index in [4.69, 9.17) is 4.52 Å². The van der Waals surface area contributed by atoms with Gasteiger partial charge in [0.1, 0.15) is 5.82 Å². The topological polar surface area (TPSA) is 78.0 Å². The Balaban J connectivity index is 1.26. The Morgan fingerprint density at radius 1 is 1.18 bits per heavy atom. The molecule has 33 heavy (non-hydrogen) atoms. The number of fused-ring (bicyclic) bond motifs is 2.